The summed E-state index contributed by atoms with van der Waals surface area (Å²) in [6.07, 6.45) is 4.87. The maximum Gasteiger partial charge on any atom is 0.135 e. The van der Waals surface area contributed by atoms with E-state index in [0.717, 1.165) is 10.8 Å². The first-order chi connectivity index (χ1) is 8.58. The topological polar surface area (TPSA) is 49.9 Å². The molecule has 1 saturated carbocycles. The number of rotatable bonds is 3. The number of nitrogen functional groups attached to an aromatic ring is 1. The average Bonchev–Trinajstić information content (AvgIpc) is 2.28. The average molecular weight is 266 g/mol. The van der Waals surface area contributed by atoms with Gasteiger partial charge in [-0.25, -0.2) is 4.39 Å². The Kier molecular flexibility index (Phi) is 4.27. The monoisotopic (exact) mass is 266 g/mol. The van der Waals surface area contributed by atoms with Gasteiger partial charge in [-0.1, -0.05) is 25.8 Å². The predicted octanol–water partition coefficient (Wildman–Crippen LogP) is 3.78. The second-order valence-corrected chi connectivity index (χ2v) is 6.38. The Hall–Kier alpha value is -1.03. The first-order valence-electron chi connectivity index (χ1n) is 6.37. The van der Waals surface area contributed by atoms with Gasteiger partial charge in [-0.05, 0) is 30.9 Å². The van der Waals surface area contributed by atoms with Crippen LogP contribution in [0.3, 0.4) is 0 Å². The molecule has 1 aromatic carbocycles. The summed E-state index contributed by atoms with van der Waals surface area (Å²) in [7, 11) is 0. The van der Waals surface area contributed by atoms with Crippen LogP contribution in [0, 0.1) is 17.1 Å². The van der Waals surface area contributed by atoms with Gasteiger partial charge in [0.05, 0.1) is 5.56 Å². The van der Waals surface area contributed by atoms with Gasteiger partial charge in [-0.2, -0.15) is 0 Å². The van der Waals surface area contributed by atoms with Gasteiger partial charge in [0.1, 0.15) is 11.7 Å². The molecule has 3 N–H and O–H groups in total. The number of amidine groups is 1. The molecule has 1 fully saturated rings. The summed E-state index contributed by atoms with van der Waals surface area (Å²) in [4.78, 5) is 0.807. The predicted molar refractivity (Wildman–Crippen MR) is 74.7 cm³/mol. The molecule has 0 heterocycles. The van der Waals surface area contributed by atoms with Crippen molar-refractivity contribution in [1.29, 1.82) is 5.41 Å². The highest BCUT2D eigenvalue weighted by atomic mass is 32.2. The van der Waals surface area contributed by atoms with E-state index in [1.807, 2.05) is 6.07 Å². The zero-order valence-electron chi connectivity index (χ0n) is 10.6. The molecule has 1 aromatic rings. The molecule has 0 radical (unpaired) electrons. The summed E-state index contributed by atoms with van der Waals surface area (Å²) in [5.74, 6) is 0.168. The van der Waals surface area contributed by atoms with Crippen LogP contribution < -0.4 is 5.73 Å². The molecule has 4 heteroatoms. The Morgan fingerprint density at radius 1 is 1.44 bits per heavy atom. The Morgan fingerprint density at radius 2 is 2.22 bits per heavy atom. The molecular weight excluding hydrogens is 247 g/mol. The molecule has 0 saturated heterocycles. The molecule has 1 aliphatic carbocycles. The second kappa shape index (κ2) is 5.74. The molecule has 2 rings (SSSR count). The Balaban J connectivity index is 2.18. The number of thioether (sulfide) groups is 1. The van der Waals surface area contributed by atoms with Crippen LogP contribution in [0.5, 0.6) is 0 Å². The molecule has 98 valence electrons. The molecule has 0 amide bonds. The van der Waals surface area contributed by atoms with E-state index >= 15 is 0 Å². The highest BCUT2D eigenvalue weighted by Crippen LogP contribution is 2.37. The van der Waals surface area contributed by atoms with Crippen LogP contribution in [0.1, 0.15) is 38.2 Å². The van der Waals surface area contributed by atoms with E-state index in [2.05, 4.69) is 6.92 Å². The highest BCUT2D eigenvalue weighted by molar-refractivity contribution is 8.00. The van der Waals surface area contributed by atoms with Crippen LogP contribution in [-0.4, -0.2) is 11.1 Å². The van der Waals surface area contributed by atoms with Crippen molar-refractivity contribution in [2.45, 2.75) is 42.8 Å². The van der Waals surface area contributed by atoms with Gasteiger partial charge in [-0.3, -0.25) is 5.41 Å². The minimum atomic E-state index is -0.392. The number of benzene rings is 1. The molecule has 0 spiro atoms. The summed E-state index contributed by atoms with van der Waals surface area (Å²) in [5, 5.41) is 8.02. The van der Waals surface area contributed by atoms with Crippen molar-refractivity contribution in [2.75, 3.05) is 0 Å². The minimum absolute atomic E-state index is 0.181. The molecule has 0 aromatic heterocycles. The zero-order chi connectivity index (χ0) is 13.1. The molecule has 18 heavy (non-hydrogen) atoms. The molecular formula is C14H19FN2S. The largest absolute Gasteiger partial charge is 0.384 e. The SMILES string of the molecule is CC1CCCC(Sc2cccc(F)c2C(=N)N)C1. The molecule has 0 bridgehead atoms. The van der Waals surface area contributed by atoms with Gasteiger partial charge in [0.2, 0.25) is 0 Å². The van der Waals surface area contributed by atoms with Crippen molar-refractivity contribution in [3.63, 3.8) is 0 Å². The lowest BCUT2D eigenvalue weighted by molar-refractivity contribution is 0.394. The smallest absolute Gasteiger partial charge is 0.135 e. The van der Waals surface area contributed by atoms with E-state index in [0.29, 0.717) is 5.25 Å². The molecule has 2 atom stereocenters. The molecule has 0 aliphatic heterocycles. The second-order valence-electron chi connectivity index (χ2n) is 5.04. The number of halogens is 1. The van der Waals surface area contributed by atoms with Crippen LogP contribution in [0.25, 0.3) is 0 Å². The van der Waals surface area contributed by atoms with Crippen LogP contribution in [-0.2, 0) is 0 Å². The van der Waals surface area contributed by atoms with Crippen molar-refractivity contribution in [2.24, 2.45) is 11.7 Å². The normalized spacial score (nSPS) is 23.9. The lowest BCUT2D eigenvalue weighted by atomic mass is 9.91. The lowest BCUT2D eigenvalue weighted by Crippen LogP contribution is -2.18. The highest BCUT2D eigenvalue weighted by Gasteiger charge is 2.22. The third-order valence-electron chi connectivity index (χ3n) is 3.43. The van der Waals surface area contributed by atoms with Gasteiger partial charge in [0, 0.05) is 10.1 Å². The zero-order valence-corrected chi connectivity index (χ0v) is 11.4. The standard InChI is InChI=1S/C14H19FN2S/c1-9-4-2-5-10(8-9)18-12-7-3-6-11(15)13(12)14(16)17/h3,6-7,9-10H,2,4-5,8H2,1H3,(H3,16,17). The van der Waals surface area contributed by atoms with Crippen molar-refractivity contribution in [1.82, 2.24) is 0 Å². The third kappa shape index (κ3) is 3.05. The fourth-order valence-corrected chi connectivity index (χ4v) is 4.08. The van der Waals surface area contributed by atoms with E-state index in [1.165, 1.54) is 31.7 Å². The first-order valence-corrected chi connectivity index (χ1v) is 7.25. The fourth-order valence-electron chi connectivity index (χ4n) is 2.53. The fraction of sp³-hybridized carbons (Fsp3) is 0.500. The Morgan fingerprint density at radius 3 is 2.89 bits per heavy atom. The quantitative estimate of drug-likeness (QED) is 0.646. The summed E-state index contributed by atoms with van der Waals surface area (Å²) in [6, 6.07) is 4.92. The number of nitrogens with one attached hydrogen (secondary N) is 1. The molecule has 2 unspecified atom stereocenters. The number of hydrogen-bond donors (Lipinski definition) is 2. The molecule has 1 aliphatic rings. The van der Waals surface area contributed by atoms with Crippen LogP contribution >= 0.6 is 11.8 Å². The van der Waals surface area contributed by atoms with Gasteiger partial charge in [-0.15, -0.1) is 11.8 Å². The Labute approximate surface area is 112 Å². The van der Waals surface area contributed by atoms with Gasteiger partial charge in [0.25, 0.3) is 0 Å². The van der Waals surface area contributed by atoms with Crippen molar-refractivity contribution in [3.05, 3.63) is 29.6 Å². The maximum atomic E-state index is 13.7. The lowest BCUT2D eigenvalue weighted by Gasteiger charge is -2.26. The van der Waals surface area contributed by atoms with Crippen molar-refractivity contribution < 1.29 is 4.39 Å². The van der Waals surface area contributed by atoms with Gasteiger partial charge >= 0.3 is 0 Å². The number of nitrogens with two attached hydrogens (primary N) is 1. The van der Waals surface area contributed by atoms with E-state index in [4.69, 9.17) is 11.1 Å². The van der Waals surface area contributed by atoms with E-state index in [-0.39, 0.29) is 11.4 Å². The summed E-state index contributed by atoms with van der Waals surface area (Å²) >= 11 is 1.68. The van der Waals surface area contributed by atoms with Crippen molar-refractivity contribution >= 4 is 17.6 Å². The summed E-state index contributed by atoms with van der Waals surface area (Å²) < 4.78 is 13.7. The first kappa shape index (κ1) is 13.4. The van der Waals surface area contributed by atoms with Crippen molar-refractivity contribution in [3.8, 4) is 0 Å². The van der Waals surface area contributed by atoms with Crippen LogP contribution in [0.15, 0.2) is 23.1 Å². The van der Waals surface area contributed by atoms with Crippen LogP contribution in [0.4, 0.5) is 4.39 Å². The van der Waals surface area contributed by atoms with Gasteiger partial charge in [0.15, 0.2) is 0 Å². The van der Waals surface area contributed by atoms with E-state index < -0.39 is 5.82 Å². The number of hydrogen-bond acceptors (Lipinski definition) is 2. The summed E-state index contributed by atoms with van der Waals surface area (Å²) in [5.41, 5.74) is 5.74. The van der Waals surface area contributed by atoms with Gasteiger partial charge < -0.3 is 5.73 Å². The van der Waals surface area contributed by atoms with E-state index in [1.54, 1.807) is 17.8 Å². The van der Waals surface area contributed by atoms with Crippen LogP contribution in [0.2, 0.25) is 0 Å². The van der Waals surface area contributed by atoms with E-state index in [9.17, 15) is 4.39 Å². The molecule has 2 nitrogen and oxygen atoms in total. The minimum Gasteiger partial charge on any atom is -0.384 e. The maximum absolute atomic E-state index is 13.7. The Bertz CT molecular complexity index is 447. The third-order valence-corrected chi connectivity index (χ3v) is 4.78. The summed E-state index contributed by atoms with van der Waals surface area (Å²) in [6.45, 7) is 2.27.